The summed E-state index contributed by atoms with van der Waals surface area (Å²) in [5.74, 6) is -0.541. The molecule has 0 atom stereocenters. The number of nitrogens with one attached hydrogen (secondary N) is 1. The number of aryl methyl sites for hydroxylation is 1. The lowest BCUT2D eigenvalue weighted by molar-refractivity contribution is -0.121. The van der Waals surface area contributed by atoms with Crippen molar-refractivity contribution in [3.05, 3.63) is 58.1 Å². The first kappa shape index (κ1) is 22.7. The Hall–Kier alpha value is -2.46. The van der Waals surface area contributed by atoms with Gasteiger partial charge in [0.25, 0.3) is 5.89 Å². The van der Waals surface area contributed by atoms with Gasteiger partial charge in [-0.15, -0.1) is 5.10 Å². The summed E-state index contributed by atoms with van der Waals surface area (Å²) in [6.45, 7) is 2.40. The van der Waals surface area contributed by atoms with E-state index in [-0.39, 0.29) is 41.7 Å². The van der Waals surface area contributed by atoms with E-state index in [1.165, 1.54) is 4.31 Å². The fraction of sp³-hybridized carbons (Fsp3) is 0.286. The van der Waals surface area contributed by atoms with E-state index < -0.39 is 10.0 Å². The van der Waals surface area contributed by atoms with Gasteiger partial charge in [-0.2, -0.15) is 4.31 Å². The van der Waals surface area contributed by atoms with Crippen LogP contribution in [0.2, 0.25) is 10.0 Å². The average Bonchev–Trinajstić information content (AvgIpc) is 3.24. The van der Waals surface area contributed by atoms with Crippen molar-refractivity contribution in [1.29, 1.82) is 0 Å². The monoisotopic (exact) mass is 494 g/mol. The zero-order valence-electron chi connectivity index (χ0n) is 17.1. The van der Waals surface area contributed by atoms with Crippen LogP contribution < -0.4 is 5.32 Å². The third-order valence-electron chi connectivity index (χ3n) is 5.30. The molecule has 0 saturated carbocycles. The van der Waals surface area contributed by atoms with Crippen LogP contribution in [0.5, 0.6) is 0 Å². The predicted octanol–water partition coefficient (Wildman–Crippen LogP) is 4.39. The van der Waals surface area contributed by atoms with Crippen molar-refractivity contribution >= 4 is 45.1 Å². The SMILES string of the molecule is Cc1ccc(S(=O)(=O)N2CCC(C(=O)Nc3nnc(-c4cc(Cl)ccc4Cl)o3)CC2)cc1. The van der Waals surface area contributed by atoms with Gasteiger partial charge in [0.05, 0.1) is 15.5 Å². The number of rotatable bonds is 5. The van der Waals surface area contributed by atoms with Gasteiger partial charge in [0.15, 0.2) is 0 Å². The Morgan fingerprint density at radius 1 is 1.09 bits per heavy atom. The molecule has 4 rings (SSSR count). The molecule has 2 aromatic carbocycles. The first-order valence-corrected chi connectivity index (χ1v) is 12.1. The average molecular weight is 495 g/mol. The molecule has 2 heterocycles. The third kappa shape index (κ3) is 4.80. The van der Waals surface area contributed by atoms with E-state index in [1.807, 2.05) is 6.92 Å². The highest BCUT2D eigenvalue weighted by molar-refractivity contribution is 7.89. The van der Waals surface area contributed by atoms with Gasteiger partial charge in [-0.05, 0) is 50.1 Å². The van der Waals surface area contributed by atoms with Crippen LogP contribution in [0.15, 0.2) is 51.8 Å². The number of piperidine rings is 1. The standard InChI is InChI=1S/C21H20Cl2N4O4S/c1-13-2-5-16(6-3-13)32(29,30)27-10-8-14(9-11-27)19(28)24-21-26-25-20(31-21)17-12-15(22)4-7-18(17)23/h2-7,12,14H,8-11H2,1H3,(H,24,26,28). The molecule has 0 spiro atoms. The van der Waals surface area contributed by atoms with Crippen molar-refractivity contribution in [2.75, 3.05) is 18.4 Å². The number of nitrogens with zero attached hydrogens (tertiary/aromatic N) is 3. The second-order valence-electron chi connectivity index (χ2n) is 7.52. The molecule has 11 heteroatoms. The van der Waals surface area contributed by atoms with Crippen molar-refractivity contribution in [3.63, 3.8) is 0 Å². The largest absolute Gasteiger partial charge is 0.403 e. The quantitative estimate of drug-likeness (QED) is 0.563. The summed E-state index contributed by atoms with van der Waals surface area (Å²) in [6.07, 6.45) is 0.774. The van der Waals surface area contributed by atoms with E-state index in [0.29, 0.717) is 28.5 Å². The highest BCUT2D eigenvalue weighted by Crippen LogP contribution is 2.31. The van der Waals surface area contributed by atoms with Crippen LogP contribution in [-0.4, -0.2) is 41.9 Å². The van der Waals surface area contributed by atoms with E-state index in [0.717, 1.165) is 5.56 Å². The number of halogens is 2. The van der Waals surface area contributed by atoms with Crippen molar-refractivity contribution in [2.24, 2.45) is 5.92 Å². The van der Waals surface area contributed by atoms with Gasteiger partial charge in [-0.25, -0.2) is 8.42 Å². The molecule has 8 nitrogen and oxygen atoms in total. The molecule has 32 heavy (non-hydrogen) atoms. The number of anilines is 1. The number of aromatic nitrogens is 2. The molecule has 1 N–H and O–H groups in total. The maximum absolute atomic E-state index is 12.8. The Balaban J connectivity index is 1.38. The highest BCUT2D eigenvalue weighted by Gasteiger charge is 2.32. The molecule has 0 radical (unpaired) electrons. The van der Waals surface area contributed by atoms with E-state index in [2.05, 4.69) is 15.5 Å². The summed E-state index contributed by atoms with van der Waals surface area (Å²) in [5, 5.41) is 11.2. The lowest BCUT2D eigenvalue weighted by atomic mass is 9.97. The molecule has 1 saturated heterocycles. The van der Waals surface area contributed by atoms with E-state index >= 15 is 0 Å². The van der Waals surface area contributed by atoms with E-state index in [4.69, 9.17) is 27.6 Å². The topological polar surface area (TPSA) is 105 Å². The van der Waals surface area contributed by atoms with Crippen molar-refractivity contribution in [1.82, 2.24) is 14.5 Å². The molecular weight excluding hydrogens is 475 g/mol. The van der Waals surface area contributed by atoms with Gasteiger partial charge in [0.2, 0.25) is 15.9 Å². The summed E-state index contributed by atoms with van der Waals surface area (Å²) < 4.78 is 32.6. The van der Waals surface area contributed by atoms with Gasteiger partial charge in [0, 0.05) is 24.0 Å². The van der Waals surface area contributed by atoms with Gasteiger partial charge in [-0.3, -0.25) is 10.1 Å². The fourth-order valence-corrected chi connectivity index (χ4v) is 5.31. The van der Waals surface area contributed by atoms with Gasteiger partial charge < -0.3 is 4.42 Å². The molecule has 3 aromatic rings. The molecule has 1 aliphatic rings. The maximum atomic E-state index is 12.8. The van der Waals surface area contributed by atoms with Gasteiger partial charge >= 0.3 is 6.01 Å². The molecular formula is C21H20Cl2N4O4S. The number of hydrogen-bond acceptors (Lipinski definition) is 6. The number of carbonyl (C=O) groups is 1. The minimum atomic E-state index is -3.58. The lowest BCUT2D eigenvalue weighted by Gasteiger charge is -2.30. The second kappa shape index (κ2) is 9.19. The smallest absolute Gasteiger partial charge is 0.322 e. The first-order valence-electron chi connectivity index (χ1n) is 9.90. The normalized spacial score (nSPS) is 15.6. The lowest BCUT2D eigenvalue weighted by Crippen LogP contribution is -2.41. The molecule has 0 unspecified atom stereocenters. The summed E-state index contributed by atoms with van der Waals surface area (Å²) in [6, 6.07) is 11.5. The van der Waals surface area contributed by atoms with Crippen LogP contribution in [-0.2, 0) is 14.8 Å². The molecule has 0 bridgehead atoms. The molecule has 1 aliphatic heterocycles. The van der Waals surface area contributed by atoms with Gasteiger partial charge in [-0.1, -0.05) is 46.0 Å². The first-order chi connectivity index (χ1) is 15.2. The highest BCUT2D eigenvalue weighted by atomic mass is 35.5. The molecule has 1 aromatic heterocycles. The molecule has 1 amide bonds. The van der Waals surface area contributed by atoms with Crippen molar-refractivity contribution in [3.8, 4) is 11.5 Å². The second-order valence-corrected chi connectivity index (χ2v) is 10.3. The van der Waals surface area contributed by atoms with Gasteiger partial charge in [0.1, 0.15) is 0 Å². The zero-order chi connectivity index (χ0) is 22.9. The molecule has 168 valence electrons. The summed E-state index contributed by atoms with van der Waals surface area (Å²) in [7, 11) is -3.58. The molecule has 1 fully saturated rings. The Morgan fingerprint density at radius 3 is 2.47 bits per heavy atom. The minimum absolute atomic E-state index is 0.0595. The van der Waals surface area contributed by atoms with Crippen LogP contribution in [0.3, 0.4) is 0 Å². The number of hydrogen-bond donors (Lipinski definition) is 1. The Labute approximate surface area is 195 Å². The van der Waals surface area contributed by atoms with Crippen molar-refractivity contribution in [2.45, 2.75) is 24.7 Å². The van der Waals surface area contributed by atoms with Crippen LogP contribution >= 0.6 is 23.2 Å². The van der Waals surface area contributed by atoms with Crippen LogP contribution in [0, 0.1) is 12.8 Å². The predicted molar refractivity (Wildman–Crippen MR) is 121 cm³/mol. The van der Waals surface area contributed by atoms with Crippen molar-refractivity contribution < 1.29 is 17.6 Å². The van der Waals surface area contributed by atoms with E-state index in [9.17, 15) is 13.2 Å². The third-order valence-corrected chi connectivity index (χ3v) is 7.77. The van der Waals surface area contributed by atoms with Crippen LogP contribution in [0.1, 0.15) is 18.4 Å². The Bertz CT molecular complexity index is 1240. The maximum Gasteiger partial charge on any atom is 0.322 e. The minimum Gasteiger partial charge on any atom is -0.403 e. The summed E-state index contributed by atoms with van der Waals surface area (Å²) in [4.78, 5) is 12.9. The zero-order valence-corrected chi connectivity index (χ0v) is 19.4. The summed E-state index contributed by atoms with van der Waals surface area (Å²) >= 11 is 12.1. The fourth-order valence-electron chi connectivity index (χ4n) is 3.47. The van der Waals surface area contributed by atoms with E-state index in [1.54, 1.807) is 42.5 Å². The Morgan fingerprint density at radius 2 is 1.78 bits per heavy atom. The Kier molecular flexibility index (Phi) is 6.52. The summed E-state index contributed by atoms with van der Waals surface area (Å²) in [5.41, 5.74) is 1.45. The van der Waals surface area contributed by atoms with Crippen LogP contribution in [0.4, 0.5) is 6.01 Å². The van der Waals surface area contributed by atoms with Crippen LogP contribution in [0.25, 0.3) is 11.5 Å². The number of carbonyl (C=O) groups excluding carboxylic acids is 1. The number of benzene rings is 2. The number of amides is 1. The molecule has 0 aliphatic carbocycles. The number of sulfonamides is 1.